The number of nitrogens with one attached hydrogen (secondary N) is 2. The molecular formula is C19H20N6O2. The molecule has 0 bridgehead atoms. The van der Waals surface area contributed by atoms with Gasteiger partial charge in [0.05, 0.1) is 16.3 Å². The molecule has 8 heteroatoms. The molecule has 0 radical (unpaired) electrons. The Hall–Kier alpha value is -3.68. The molecule has 0 aliphatic rings. The van der Waals surface area contributed by atoms with Gasteiger partial charge in [-0.1, -0.05) is 43.3 Å². The van der Waals surface area contributed by atoms with Gasteiger partial charge >= 0.3 is 5.69 Å². The lowest BCUT2D eigenvalue weighted by Gasteiger charge is -2.26. The Morgan fingerprint density at radius 3 is 2.04 bits per heavy atom. The van der Waals surface area contributed by atoms with Crippen molar-refractivity contribution >= 4 is 28.7 Å². The molecule has 1 aromatic heterocycles. The van der Waals surface area contributed by atoms with E-state index in [-0.39, 0.29) is 17.3 Å². The average Bonchev–Trinajstić information content (AvgIpc) is 2.71. The second kappa shape index (κ2) is 8.61. The summed E-state index contributed by atoms with van der Waals surface area (Å²) in [7, 11) is 0. The number of nitrogens with zero attached hydrogens (tertiary/aromatic N) is 4. The predicted octanol–water partition coefficient (Wildman–Crippen LogP) is 4.37. The smallest absolute Gasteiger partial charge is 0.354 e. The van der Waals surface area contributed by atoms with E-state index in [0.717, 1.165) is 17.8 Å². The second-order valence-electron chi connectivity index (χ2n) is 5.72. The Bertz CT molecular complexity index is 850. The summed E-state index contributed by atoms with van der Waals surface area (Å²) in [4.78, 5) is 19.4. The number of rotatable bonds is 8. The zero-order chi connectivity index (χ0) is 19.1. The molecule has 2 N–H and O–H groups in total. The molecule has 0 saturated carbocycles. The molecule has 2 aromatic carbocycles. The topological polar surface area (TPSA) is 96.2 Å². The first-order valence-electron chi connectivity index (χ1n) is 8.61. The average molecular weight is 364 g/mol. The van der Waals surface area contributed by atoms with Crippen molar-refractivity contribution in [2.45, 2.75) is 13.3 Å². The molecule has 0 spiro atoms. The van der Waals surface area contributed by atoms with E-state index in [2.05, 4.69) is 20.7 Å². The van der Waals surface area contributed by atoms with E-state index in [4.69, 9.17) is 0 Å². The Morgan fingerprint density at radius 1 is 0.963 bits per heavy atom. The van der Waals surface area contributed by atoms with Gasteiger partial charge < -0.3 is 5.32 Å². The first kappa shape index (κ1) is 18.1. The standard InChI is InChI=1S/C19H20N6O2/c1-2-13-20-18-17(25(26)27)19(22-14-21-18)23-24(15-9-5-3-6-10-15)16-11-7-4-8-12-16/h3-12,14H,2,13H2,1H3,(H2,20,21,22,23). The number of hydrogen-bond acceptors (Lipinski definition) is 7. The van der Waals surface area contributed by atoms with Crippen molar-refractivity contribution in [2.75, 3.05) is 22.3 Å². The lowest BCUT2D eigenvalue weighted by Crippen LogP contribution is -2.26. The van der Waals surface area contributed by atoms with Crippen molar-refractivity contribution in [3.63, 3.8) is 0 Å². The van der Waals surface area contributed by atoms with Gasteiger partial charge in [-0.15, -0.1) is 0 Å². The number of para-hydroxylation sites is 2. The van der Waals surface area contributed by atoms with Crippen LogP contribution < -0.4 is 15.8 Å². The van der Waals surface area contributed by atoms with Crippen LogP contribution in [0.1, 0.15) is 13.3 Å². The maximum atomic E-state index is 11.7. The monoisotopic (exact) mass is 364 g/mol. The molecule has 0 aliphatic heterocycles. The van der Waals surface area contributed by atoms with E-state index in [1.54, 1.807) is 5.01 Å². The van der Waals surface area contributed by atoms with Gasteiger partial charge in [-0.25, -0.2) is 9.97 Å². The van der Waals surface area contributed by atoms with Crippen molar-refractivity contribution < 1.29 is 4.92 Å². The summed E-state index contributed by atoms with van der Waals surface area (Å²) in [6.07, 6.45) is 2.13. The minimum atomic E-state index is -0.478. The van der Waals surface area contributed by atoms with Crippen molar-refractivity contribution in [2.24, 2.45) is 0 Å². The van der Waals surface area contributed by atoms with Crippen LogP contribution in [0, 0.1) is 10.1 Å². The highest BCUT2D eigenvalue weighted by Crippen LogP contribution is 2.32. The summed E-state index contributed by atoms with van der Waals surface area (Å²) in [5.41, 5.74) is 4.53. The molecule has 3 aromatic rings. The molecule has 0 unspecified atom stereocenters. The summed E-state index contributed by atoms with van der Waals surface area (Å²) >= 11 is 0. The normalized spacial score (nSPS) is 10.3. The fourth-order valence-corrected chi connectivity index (χ4v) is 2.54. The van der Waals surface area contributed by atoms with Gasteiger partial charge in [-0.3, -0.25) is 20.5 Å². The maximum absolute atomic E-state index is 11.7. The van der Waals surface area contributed by atoms with Gasteiger partial charge in [0, 0.05) is 6.54 Å². The van der Waals surface area contributed by atoms with Crippen LogP contribution in [0.25, 0.3) is 0 Å². The van der Waals surface area contributed by atoms with Gasteiger partial charge in [0.1, 0.15) is 6.33 Å². The molecule has 3 rings (SSSR count). The summed E-state index contributed by atoms with van der Waals surface area (Å²) in [5.74, 6) is 0.307. The molecular weight excluding hydrogens is 344 g/mol. The second-order valence-corrected chi connectivity index (χ2v) is 5.72. The highest BCUT2D eigenvalue weighted by molar-refractivity contribution is 5.74. The number of anilines is 4. The van der Waals surface area contributed by atoms with Crippen LogP contribution in [0.15, 0.2) is 67.0 Å². The number of aromatic nitrogens is 2. The van der Waals surface area contributed by atoms with Crippen LogP contribution >= 0.6 is 0 Å². The van der Waals surface area contributed by atoms with Crippen molar-refractivity contribution in [1.82, 2.24) is 9.97 Å². The molecule has 0 fully saturated rings. The lowest BCUT2D eigenvalue weighted by atomic mass is 10.2. The Kier molecular flexibility index (Phi) is 5.78. The summed E-state index contributed by atoms with van der Waals surface area (Å²) < 4.78 is 0. The molecule has 1 heterocycles. The Balaban J connectivity index is 2.03. The quantitative estimate of drug-likeness (QED) is 0.452. The van der Waals surface area contributed by atoms with E-state index in [9.17, 15) is 10.1 Å². The van der Waals surface area contributed by atoms with Crippen LogP contribution in [0.4, 0.5) is 28.7 Å². The Morgan fingerprint density at radius 2 is 1.52 bits per heavy atom. The minimum Gasteiger partial charge on any atom is -0.364 e. The third kappa shape index (κ3) is 4.30. The summed E-state index contributed by atoms with van der Waals surface area (Å²) in [6.45, 7) is 2.56. The van der Waals surface area contributed by atoms with Gasteiger partial charge in [-0.05, 0) is 30.7 Å². The van der Waals surface area contributed by atoms with Crippen molar-refractivity contribution in [1.29, 1.82) is 0 Å². The highest BCUT2D eigenvalue weighted by atomic mass is 16.6. The van der Waals surface area contributed by atoms with Crippen LogP contribution in [-0.4, -0.2) is 21.4 Å². The van der Waals surface area contributed by atoms with E-state index in [1.807, 2.05) is 67.6 Å². The maximum Gasteiger partial charge on any atom is 0.354 e. The number of nitro groups is 1. The molecule has 0 saturated heterocycles. The van der Waals surface area contributed by atoms with E-state index in [0.29, 0.717) is 6.54 Å². The lowest BCUT2D eigenvalue weighted by molar-refractivity contribution is -0.383. The predicted molar refractivity (Wildman–Crippen MR) is 106 cm³/mol. The van der Waals surface area contributed by atoms with Crippen molar-refractivity contribution in [3.05, 3.63) is 77.1 Å². The van der Waals surface area contributed by atoms with E-state index >= 15 is 0 Å². The van der Waals surface area contributed by atoms with Gasteiger partial charge in [0.15, 0.2) is 0 Å². The first-order chi connectivity index (χ1) is 13.2. The summed E-state index contributed by atoms with van der Waals surface area (Å²) in [6, 6.07) is 19.0. The third-order valence-corrected chi connectivity index (χ3v) is 3.79. The van der Waals surface area contributed by atoms with Crippen molar-refractivity contribution in [3.8, 4) is 0 Å². The molecule has 138 valence electrons. The molecule has 0 atom stereocenters. The van der Waals surface area contributed by atoms with Gasteiger partial charge in [-0.2, -0.15) is 0 Å². The third-order valence-electron chi connectivity index (χ3n) is 3.79. The van der Waals surface area contributed by atoms with Crippen LogP contribution in [-0.2, 0) is 0 Å². The SMILES string of the molecule is CCCNc1ncnc(NN(c2ccccc2)c2ccccc2)c1[N+](=O)[O-]. The zero-order valence-corrected chi connectivity index (χ0v) is 14.9. The van der Waals surface area contributed by atoms with Crippen LogP contribution in [0.2, 0.25) is 0 Å². The largest absolute Gasteiger partial charge is 0.364 e. The first-order valence-corrected chi connectivity index (χ1v) is 8.61. The fraction of sp³-hybridized carbons (Fsp3) is 0.158. The van der Waals surface area contributed by atoms with E-state index < -0.39 is 4.92 Å². The van der Waals surface area contributed by atoms with Gasteiger partial charge in [0.25, 0.3) is 0 Å². The highest BCUT2D eigenvalue weighted by Gasteiger charge is 2.24. The molecule has 27 heavy (non-hydrogen) atoms. The molecule has 0 aliphatic carbocycles. The summed E-state index contributed by atoms with van der Waals surface area (Å²) in [5, 5.41) is 16.4. The minimum absolute atomic E-state index is 0.112. The van der Waals surface area contributed by atoms with Gasteiger partial charge in [0.2, 0.25) is 11.6 Å². The fourth-order valence-electron chi connectivity index (χ4n) is 2.54. The van der Waals surface area contributed by atoms with Crippen LogP contribution in [0.5, 0.6) is 0 Å². The number of hydrogen-bond donors (Lipinski definition) is 2. The number of benzene rings is 2. The number of hydrazine groups is 1. The Labute approximate surface area is 157 Å². The molecule has 8 nitrogen and oxygen atoms in total. The molecule has 0 amide bonds. The van der Waals surface area contributed by atoms with Crippen LogP contribution in [0.3, 0.4) is 0 Å². The van der Waals surface area contributed by atoms with E-state index in [1.165, 1.54) is 6.33 Å². The zero-order valence-electron chi connectivity index (χ0n) is 14.9.